The number of hydrogen-bond acceptors (Lipinski definition) is 2. The van der Waals surface area contributed by atoms with Crippen molar-refractivity contribution in [3.63, 3.8) is 0 Å². The molecule has 108 valence electrons. The second-order valence-electron chi connectivity index (χ2n) is 5.81. The first-order chi connectivity index (χ1) is 9.42. The molecule has 20 heavy (non-hydrogen) atoms. The molecular formula is C15H18ClFN2O. The number of fused-ring (bicyclic) bond motifs is 1. The van der Waals surface area contributed by atoms with Gasteiger partial charge in [0, 0.05) is 12.7 Å². The Morgan fingerprint density at radius 2 is 2.25 bits per heavy atom. The molecule has 3 rings (SSSR count). The van der Waals surface area contributed by atoms with Gasteiger partial charge in [-0.3, -0.25) is 0 Å². The summed E-state index contributed by atoms with van der Waals surface area (Å²) in [6.45, 7) is 7.16. The summed E-state index contributed by atoms with van der Waals surface area (Å²) in [5, 5.41) is -0.233. The van der Waals surface area contributed by atoms with E-state index in [2.05, 4.69) is 16.5 Å². The summed E-state index contributed by atoms with van der Waals surface area (Å²) < 4.78 is 21.5. The molecule has 0 aliphatic carbocycles. The minimum absolute atomic E-state index is 0.169. The molecule has 2 atom stereocenters. The lowest BCUT2D eigenvalue weighted by Crippen LogP contribution is -2.32. The Kier molecular flexibility index (Phi) is 3.26. The molecule has 2 heterocycles. The summed E-state index contributed by atoms with van der Waals surface area (Å²) in [7, 11) is 0. The number of benzene rings is 1. The smallest absolute Gasteiger partial charge is 0.128 e. The number of nitrogens with zero attached hydrogens (tertiary/aromatic N) is 2. The van der Waals surface area contributed by atoms with Gasteiger partial charge < -0.3 is 9.30 Å². The quantitative estimate of drug-likeness (QED) is 0.786. The van der Waals surface area contributed by atoms with Crippen molar-refractivity contribution in [3.8, 4) is 0 Å². The normalized spacial score (nSPS) is 24.4. The molecule has 1 aromatic carbocycles. The van der Waals surface area contributed by atoms with Crippen molar-refractivity contribution in [1.82, 2.24) is 9.55 Å². The fraction of sp³-hybridized carbons (Fsp3) is 0.533. The highest BCUT2D eigenvalue weighted by Gasteiger charge is 2.36. The van der Waals surface area contributed by atoms with Crippen molar-refractivity contribution < 1.29 is 9.13 Å². The third-order valence-corrected chi connectivity index (χ3v) is 4.25. The molecule has 0 saturated carbocycles. The van der Waals surface area contributed by atoms with E-state index in [1.165, 1.54) is 6.07 Å². The van der Waals surface area contributed by atoms with Crippen LogP contribution in [0.3, 0.4) is 0 Å². The molecule has 1 aromatic heterocycles. The van der Waals surface area contributed by atoms with Crippen molar-refractivity contribution in [3.05, 3.63) is 29.3 Å². The van der Waals surface area contributed by atoms with E-state index < -0.39 is 0 Å². The average molecular weight is 297 g/mol. The summed E-state index contributed by atoms with van der Waals surface area (Å²) >= 11 is 6.28. The van der Waals surface area contributed by atoms with Crippen LogP contribution in [-0.4, -0.2) is 22.8 Å². The molecule has 0 N–H and O–H groups in total. The molecule has 1 aliphatic heterocycles. The van der Waals surface area contributed by atoms with Crippen molar-refractivity contribution in [1.29, 1.82) is 0 Å². The monoisotopic (exact) mass is 296 g/mol. The van der Waals surface area contributed by atoms with Crippen LogP contribution >= 0.6 is 11.6 Å². The van der Waals surface area contributed by atoms with Gasteiger partial charge in [-0.25, -0.2) is 9.37 Å². The summed E-state index contributed by atoms with van der Waals surface area (Å²) in [5.74, 6) is 0.545. The maximum absolute atomic E-state index is 13.8. The van der Waals surface area contributed by atoms with E-state index in [9.17, 15) is 4.39 Å². The van der Waals surface area contributed by atoms with Crippen LogP contribution in [0.4, 0.5) is 4.39 Å². The largest absolute Gasteiger partial charge is 0.379 e. The van der Waals surface area contributed by atoms with E-state index in [0.29, 0.717) is 17.7 Å². The van der Waals surface area contributed by atoms with E-state index in [-0.39, 0.29) is 16.7 Å². The SMILES string of the molecule is Cc1cc2c(cc1F)nc(C(C)Cl)n2C1(C)CCOC1. The Bertz CT molecular complexity index is 659. The number of alkyl halides is 1. The molecule has 5 heteroatoms. The highest BCUT2D eigenvalue weighted by molar-refractivity contribution is 6.20. The van der Waals surface area contributed by atoms with Crippen LogP contribution in [0.5, 0.6) is 0 Å². The Labute approximate surface area is 122 Å². The first kappa shape index (κ1) is 13.8. The molecule has 3 nitrogen and oxygen atoms in total. The lowest BCUT2D eigenvalue weighted by molar-refractivity contribution is 0.162. The Balaban J connectivity index is 2.31. The molecule has 1 fully saturated rings. The van der Waals surface area contributed by atoms with E-state index in [0.717, 1.165) is 24.4 Å². The zero-order valence-corrected chi connectivity index (χ0v) is 12.7. The molecule has 0 radical (unpaired) electrons. The minimum atomic E-state index is -0.233. The van der Waals surface area contributed by atoms with Gasteiger partial charge >= 0.3 is 0 Å². The number of hydrogen-bond donors (Lipinski definition) is 0. The first-order valence-electron chi connectivity index (χ1n) is 6.83. The number of rotatable bonds is 2. The third-order valence-electron chi connectivity index (χ3n) is 4.05. The number of aromatic nitrogens is 2. The van der Waals surface area contributed by atoms with Gasteiger partial charge in [0.1, 0.15) is 11.6 Å². The van der Waals surface area contributed by atoms with Crippen molar-refractivity contribution in [2.45, 2.75) is 38.1 Å². The lowest BCUT2D eigenvalue weighted by atomic mass is 10.0. The van der Waals surface area contributed by atoms with E-state index >= 15 is 0 Å². The zero-order valence-electron chi connectivity index (χ0n) is 11.9. The van der Waals surface area contributed by atoms with Crippen LogP contribution < -0.4 is 0 Å². The molecule has 1 aliphatic rings. The summed E-state index contributed by atoms with van der Waals surface area (Å²) in [4.78, 5) is 4.54. The number of aryl methyl sites for hydroxylation is 1. The molecule has 0 bridgehead atoms. The van der Waals surface area contributed by atoms with Gasteiger partial charge in [0.05, 0.1) is 28.6 Å². The van der Waals surface area contributed by atoms with Gasteiger partial charge in [0.25, 0.3) is 0 Å². The molecule has 2 unspecified atom stereocenters. The second-order valence-corrected chi connectivity index (χ2v) is 6.47. The van der Waals surface area contributed by atoms with E-state index in [4.69, 9.17) is 16.3 Å². The van der Waals surface area contributed by atoms with E-state index in [1.807, 2.05) is 13.0 Å². The second kappa shape index (κ2) is 4.71. The maximum Gasteiger partial charge on any atom is 0.128 e. The average Bonchev–Trinajstić information content (AvgIpc) is 2.95. The van der Waals surface area contributed by atoms with Gasteiger partial charge in [-0.1, -0.05) is 0 Å². The Morgan fingerprint density at radius 1 is 1.50 bits per heavy atom. The van der Waals surface area contributed by atoms with Crippen molar-refractivity contribution in [2.24, 2.45) is 0 Å². The van der Waals surface area contributed by atoms with Gasteiger partial charge in [0.2, 0.25) is 0 Å². The Morgan fingerprint density at radius 3 is 2.85 bits per heavy atom. The minimum Gasteiger partial charge on any atom is -0.379 e. The highest BCUT2D eigenvalue weighted by atomic mass is 35.5. The predicted molar refractivity (Wildman–Crippen MR) is 77.8 cm³/mol. The maximum atomic E-state index is 13.8. The van der Waals surface area contributed by atoms with Crippen LogP contribution in [-0.2, 0) is 10.3 Å². The van der Waals surface area contributed by atoms with Crippen LogP contribution in [0.25, 0.3) is 11.0 Å². The van der Waals surface area contributed by atoms with Crippen molar-refractivity contribution >= 4 is 22.6 Å². The zero-order chi connectivity index (χ0) is 14.5. The molecule has 0 amide bonds. The summed E-state index contributed by atoms with van der Waals surface area (Å²) in [6.07, 6.45) is 0.908. The van der Waals surface area contributed by atoms with Crippen LogP contribution in [0.2, 0.25) is 0 Å². The number of ether oxygens (including phenoxy) is 1. The van der Waals surface area contributed by atoms with Crippen molar-refractivity contribution in [2.75, 3.05) is 13.2 Å². The molecular weight excluding hydrogens is 279 g/mol. The third kappa shape index (κ3) is 2.02. The topological polar surface area (TPSA) is 27.1 Å². The van der Waals surface area contributed by atoms with Crippen LogP contribution in [0.1, 0.15) is 37.0 Å². The van der Waals surface area contributed by atoms with Crippen LogP contribution in [0.15, 0.2) is 12.1 Å². The Hall–Kier alpha value is -1.13. The standard InChI is InChI=1S/C15H18ClFN2O/c1-9-6-13-12(7-11(9)17)18-14(10(2)16)19(13)15(3)4-5-20-8-15/h6-7,10H,4-5,8H2,1-3H3. The van der Waals surface area contributed by atoms with Gasteiger partial charge in [-0.2, -0.15) is 0 Å². The molecule has 0 spiro atoms. The van der Waals surface area contributed by atoms with Crippen LogP contribution in [0, 0.1) is 12.7 Å². The van der Waals surface area contributed by atoms with Gasteiger partial charge in [0.15, 0.2) is 0 Å². The summed E-state index contributed by atoms with van der Waals surface area (Å²) in [5.41, 5.74) is 2.04. The van der Waals surface area contributed by atoms with Gasteiger partial charge in [-0.15, -0.1) is 11.6 Å². The molecule has 1 saturated heterocycles. The number of imidazole rings is 1. The fourth-order valence-corrected chi connectivity index (χ4v) is 3.03. The molecule has 2 aromatic rings. The highest BCUT2D eigenvalue weighted by Crippen LogP contribution is 2.36. The van der Waals surface area contributed by atoms with E-state index in [1.54, 1.807) is 6.92 Å². The summed E-state index contributed by atoms with van der Waals surface area (Å²) in [6, 6.07) is 3.34. The first-order valence-corrected chi connectivity index (χ1v) is 7.27. The predicted octanol–water partition coefficient (Wildman–Crippen LogP) is 3.92. The van der Waals surface area contributed by atoms with Gasteiger partial charge in [-0.05, 0) is 38.8 Å². The fourth-order valence-electron chi connectivity index (χ4n) is 2.89. The lowest BCUT2D eigenvalue weighted by Gasteiger charge is -2.28. The number of halogens is 2.